The molecule has 2 aromatic rings. The van der Waals surface area contributed by atoms with Crippen molar-refractivity contribution in [1.29, 1.82) is 0 Å². The minimum atomic E-state index is -0.0813. The van der Waals surface area contributed by atoms with Crippen LogP contribution in [0, 0.1) is 0 Å². The molecular weight excluding hydrogens is 374 g/mol. The molecule has 1 amide bonds. The van der Waals surface area contributed by atoms with Gasteiger partial charge in [-0.3, -0.25) is 4.79 Å². The second-order valence-corrected chi connectivity index (χ2v) is 9.02. The summed E-state index contributed by atoms with van der Waals surface area (Å²) < 4.78 is 6.04. The first-order valence-corrected chi connectivity index (χ1v) is 10.9. The number of nitrogens with zero attached hydrogens (tertiary/aromatic N) is 3. The number of likely N-dealkylation sites (N-methyl/N-ethyl adjacent to an activating group) is 1. The molecule has 1 heterocycles. The largest absolute Gasteiger partial charge is 0.497 e. The Morgan fingerprint density at radius 2 is 1.73 bits per heavy atom. The van der Waals surface area contributed by atoms with Crippen LogP contribution in [0.25, 0.3) is 0 Å². The van der Waals surface area contributed by atoms with E-state index in [1.807, 2.05) is 42.5 Å². The maximum absolute atomic E-state index is 13.5. The molecule has 0 radical (unpaired) electrons. The summed E-state index contributed by atoms with van der Waals surface area (Å²) in [6.07, 6.45) is 5.68. The van der Waals surface area contributed by atoms with E-state index in [0.717, 1.165) is 33.5 Å². The SMILES string of the molecule is COc1ccc([C@@H]2CC(c3ccccc3)=NN2C(=O)C[N+](C)(C)C2CCCC2)cc1. The van der Waals surface area contributed by atoms with Crippen molar-refractivity contribution in [3.05, 3.63) is 65.7 Å². The predicted molar refractivity (Wildman–Crippen MR) is 119 cm³/mol. The van der Waals surface area contributed by atoms with Crippen LogP contribution in [-0.2, 0) is 4.79 Å². The smallest absolute Gasteiger partial charge is 0.298 e. The molecular formula is C25H32N3O2+. The van der Waals surface area contributed by atoms with Crippen LogP contribution in [0.4, 0.5) is 0 Å². The summed E-state index contributed by atoms with van der Waals surface area (Å²) in [5.41, 5.74) is 3.14. The topological polar surface area (TPSA) is 41.9 Å². The van der Waals surface area contributed by atoms with E-state index in [9.17, 15) is 4.79 Å². The number of methoxy groups -OCH3 is 1. The molecule has 0 unspecified atom stereocenters. The Labute approximate surface area is 179 Å². The van der Waals surface area contributed by atoms with E-state index >= 15 is 0 Å². The number of amides is 1. The van der Waals surface area contributed by atoms with Crippen LogP contribution >= 0.6 is 0 Å². The summed E-state index contributed by atoms with van der Waals surface area (Å²) in [5, 5.41) is 6.56. The van der Waals surface area contributed by atoms with Crippen LogP contribution in [0.3, 0.4) is 0 Å². The van der Waals surface area contributed by atoms with Crippen molar-refractivity contribution in [2.45, 2.75) is 44.2 Å². The third kappa shape index (κ3) is 4.26. The number of rotatable bonds is 6. The van der Waals surface area contributed by atoms with Gasteiger partial charge in [0.05, 0.1) is 39.0 Å². The second-order valence-electron chi connectivity index (χ2n) is 9.02. The number of hydrogen-bond acceptors (Lipinski definition) is 3. The van der Waals surface area contributed by atoms with Gasteiger partial charge < -0.3 is 9.22 Å². The van der Waals surface area contributed by atoms with Crippen LogP contribution in [0.2, 0.25) is 0 Å². The molecule has 1 aliphatic heterocycles. The highest BCUT2D eigenvalue weighted by molar-refractivity contribution is 6.03. The Morgan fingerprint density at radius 1 is 1.07 bits per heavy atom. The molecule has 0 bridgehead atoms. The summed E-state index contributed by atoms with van der Waals surface area (Å²) in [5.74, 6) is 0.913. The van der Waals surface area contributed by atoms with Gasteiger partial charge in [0.1, 0.15) is 5.75 Å². The minimum absolute atomic E-state index is 0.0813. The monoisotopic (exact) mass is 406 g/mol. The zero-order valence-corrected chi connectivity index (χ0v) is 18.3. The molecule has 158 valence electrons. The van der Waals surface area contributed by atoms with E-state index in [0.29, 0.717) is 12.6 Å². The van der Waals surface area contributed by atoms with Gasteiger partial charge in [0.15, 0.2) is 6.54 Å². The lowest BCUT2D eigenvalue weighted by Crippen LogP contribution is -2.53. The average Bonchev–Trinajstić information content (AvgIpc) is 3.45. The van der Waals surface area contributed by atoms with Gasteiger partial charge in [-0.15, -0.1) is 0 Å². The third-order valence-corrected chi connectivity index (χ3v) is 6.63. The fraction of sp³-hybridized carbons (Fsp3) is 0.440. The van der Waals surface area contributed by atoms with Crippen LogP contribution in [0.15, 0.2) is 59.7 Å². The summed E-state index contributed by atoms with van der Waals surface area (Å²) in [6, 6.07) is 18.7. The van der Waals surface area contributed by atoms with Gasteiger partial charge in [-0.1, -0.05) is 42.5 Å². The summed E-state index contributed by atoms with van der Waals surface area (Å²) in [6.45, 7) is 0.475. The number of carbonyl (C=O) groups is 1. The standard InChI is InChI=1S/C25H32N3O2/c1-28(2,21-11-7-8-12-21)18-25(29)27-24(20-13-15-22(30-3)16-14-20)17-23(26-27)19-9-5-4-6-10-19/h4-6,9-10,13-16,21,24H,7-8,11-12,17-18H2,1-3H3/q+1/t24-/m0/s1. The minimum Gasteiger partial charge on any atom is -0.497 e. The zero-order chi connectivity index (χ0) is 21.1. The maximum atomic E-state index is 13.5. The molecule has 5 heteroatoms. The van der Waals surface area contributed by atoms with Gasteiger partial charge in [-0.05, 0) is 48.9 Å². The van der Waals surface area contributed by atoms with Gasteiger partial charge in [0, 0.05) is 6.42 Å². The van der Waals surface area contributed by atoms with Gasteiger partial charge >= 0.3 is 0 Å². The Balaban J connectivity index is 1.60. The molecule has 1 fully saturated rings. The first kappa shape index (κ1) is 20.6. The molecule has 0 aromatic heterocycles. The van der Waals surface area contributed by atoms with Crippen molar-refractivity contribution in [2.24, 2.45) is 5.10 Å². The normalized spacial score (nSPS) is 19.8. The maximum Gasteiger partial charge on any atom is 0.298 e. The number of ether oxygens (including phenoxy) is 1. The molecule has 1 aliphatic carbocycles. The lowest BCUT2D eigenvalue weighted by Gasteiger charge is -2.36. The highest BCUT2D eigenvalue weighted by atomic mass is 16.5. The summed E-state index contributed by atoms with van der Waals surface area (Å²) in [4.78, 5) is 13.5. The van der Waals surface area contributed by atoms with E-state index < -0.39 is 0 Å². The second kappa shape index (κ2) is 8.60. The number of carbonyl (C=O) groups excluding carboxylic acids is 1. The van der Waals surface area contributed by atoms with Crippen LogP contribution in [0.1, 0.15) is 49.3 Å². The van der Waals surface area contributed by atoms with Crippen LogP contribution < -0.4 is 4.74 Å². The van der Waals surface area contributed by atoms with E-state index in [2.05, 4.69) is 26.2 Å². The molecule has 2 aromatic carbocycles. The van der Waals surface area contributed by atoms with E-state index in [1.165, 1.54) is 25.7 Å². The summed E-state index contributed by atoms with van der Waals surface area (Å²) >= 11 is 0. The Kier molecular flexibility index (Phi) is 5.91. The zero-order valence-electron chi connectivity index (χ0n) is 18.3. The van der Waals surface area contributed by atoms with E-state index in [1.54, 1.807) is 12.1 Å². The third-order valence-electron chi connectivity index (χ3n) is 6.63. The number of benzene rings is 2. The van der Waals surface area contributed by atoms with E-state index in [4.69, 9.17) is 9.84 Å². The number of hydrogen-bond donors (Lipinski definition) is 0. The van der Waals surface area contributed by atoms with Crippen molar-refractivity contribution in [2.75, 3.05) is 27.7 Å². The molecule has 0 N–H and O–H groups in total. The molecule has 1 saturated carbocycles. The first-order chi connectivity index (χ1) is 14.5. The van der Waals surface area contributed by atoms with Crippen molar-refractivity contribution >= 4 is 11.6 Å². The van der Waals surface area contributed by atoms with Gasteiger partial charge in [-0.25, -0.2) is 5.01 Å². The lowest BCUT2D eigenvalue weighted by atomic mass is 9.98. The molecule has 5 nitrogen and oxygen atoms in total. The fourth-order valence-corrected chi connectivity index (χ4v) is 4.78. The molecule has 2 aliphatic rings. The van der Waals surface area contributed by atoms with E-state index in [-0.39, 0.29) is 11.9 Å². The molecule has 30 heavy (non-hydrogen) atoms. The summed E-state index contributed by atoms with van der Waals surface area (Å²) in [7, 11) is 6.04. The van der Waals surface area contributed by atoms with Crippen molar-refractivity contribution < 1.29 is 14.0 Å². The van der Waals surface area contributed by atoms with Gasteiger partial charge in [0.25, 0.3) is 5.91 Å². The van der Waals surface area contributed by atoms with Crippen molar-refractivity contribution in [3.63, 3.8) is 0 Å². The fourth-order valence-electron chi connectivity index (χ4n) is 4.78. The average molecular weight is 407 g/mol. The lowest BCUT2D eigenvalue weighted by molar-refractivity contribution is -0.907. The van der Waals surface area contributed by atoms with Crippen molar-refractivity contribution in [3.8, 4) is 5.75 Å². The van der Waals surface area contributed by atoms with Crippen LogP contribution in [0.5, 0.6) is 5.75 Å². The molecule has 1 atom stereocenters. The number of quaternary nitrogens is 1. The van der Waals surface area contributed by atoms with Crippen molar-refractivity contribution in [1.82, 2.24) is 5.01 Å². The Bertz CT molecular complexity index is 900. The quantitative estimate of drug-likeness (QED) is 0.668. The Morgan fingerprint density at radius 3 is 2.37 bits per heavy atom. The highest BCUT2D eigenvalue weighted by Gasteiger charge is 2.39. The van der Waals surface area contributed by atoms with Gasteiger partial charge in [0.2, 0.25) is 0 Å². The molecule has 0 spiro atoms. The van der Waals surface area contributed by atoms with Crippen LogP contribution in [-0.4, -0.2) is 54.9 Å². The first-order valence-electron chi connectivity index (χ1n) is 10.9. The molecule has 0 saturated heterocycles. The Hall–Kier alpha value is -2.66. The predicted octanol–water partition coefficient (Wildman–Crippen LogP) is 4.39. The number of hydrazone groups is 1. The van der Waals surface area contributed by atoms with Gasteiger partial charge in [-0.2, -0.15) is 5.10 Å². The highest BCUT2D eigenvalue weighted by Crippen LogP contribution is 2.34. The molecule has 4 rings (SSSR count).